The summed E-state index contributed by atoms with van der Waals surface area (Å²) < 4.78 is 8.28. The summed E-state index contributed by atoms with van der Waals surface area (Å²) in [6.07, 6.45) is 7.41. The smallest absolute Gasteiger partial charge is 0.278 e. The third-order valence-corrected chi connectivity index (χ3v) is 8.67. The summed E-state index contributed by atoms with van der Waals surface area (Å²) >= 11 is 0. The molecule has 7 rings (SSSR count). The Labute approximate surface area is 232 Å². The number of amides is 1. The third kappa shape index (κ3) is 3.91. The van der Waals surface area contributed by atoms with Crippen LogP contribution in [0.2, 0.25) is 0 Å². The van der Waals surface area contributed by atoms with Gasteiger partial charge in [0.1, 0.15) is 11.4 Å². The molecule has 10 nitrogen and oxygen atoms in total. The largest absolute Gasteiger partial charge is 0.438 e. The Morgan fingerprint density at radius 3 is 2.48 bits per heavy atom. The van der Waals surface area contributed by atoms with E-state index in [0.717, 1.165) is 41.6 Å². The Kier molecular flexibility index (Phi) is 5.88. The van der Waals surface area contributed by atoms with Gasteiger partial charge in [-0.15, -0.1) is 0 Å². The van der Waals surface area contributed by atoms with E-state index in [1.807, 2.05) is 52.9 Å². The molecule has 1 amide bonds. The zero-order valence-electron chi connectivity index (χ0n) is 23.2. The van der Waals surface area contributed by atoms with Gasteiger partial charge in [-0.3, -0.25) is 14.4 Å². The van der Waals surface area contributed by atoms with Crippen molar-refractivity contribution in [3.05, 3.63) is 58.0 Å². The van der Waals surface area contributed by atoms with Crippen molar-refractivity contribution in [3.8, 4) is 23.8 Å². The average molecular weight is 535 g/mol. The molecule has 1 N–H and O–H groups in total. The first-order chi connectivity index (χ1) is 19.1. The van der Waals surface area contributed by atoms with E-state index in [9.17, 15) is 10.1 Å². The molecule has 3 aromatic rings. The zero-order chi connectivity index (χ0) is 28.3. The van der Waals surface area contributed by atoms with Gasteiger partial charge in [0, 0.05) is 18.7 Å². The number of fused-ring (bicyclic) bond motifs is 2. The van der Waals surface area contributed by atoms with Crippen molar-refractivity contribution >= 4 is 23.6 Å². The number of allylic oxidation sites excluding steroid dienone is 1. The minimum atomic E-state index is -0.381. The molecular weight excluding hydrogens is 504 g/mol. The van der Waals surface area contributed by atoms with Crippen LogP contribution in [0.4, 0.5) is 11.6 Å². The predicted octanol–water partition coefficient (Wildman–Crippen LogP) is 5.29. The minimum absolute atomic E-state index is 0.0299. The molecule has 2 bridgehead atoms. The second kappa shape index (κ2) is 9.20. The second-order valence-corrected chi connectivity index (χ2v) is 11.3. The van der Waals surface area contributed by atoms with E-state index in [0.29, 0.717) is 40.4 Å². The molecule has 202 valence electrons. The quantitative estimate of drug-likeness (QED) is 0.422. The highest BCUT2D eigenvalue weighted by molar-refractivity contribution is 6.10. The van der Waals surface area contributed by atoms with Crippen molar-refractivity contribution < 1.29 is 9.53 Å². The van der Waals surface area contributed by atoms with E-state index in [1.165, 1.54) is 6.08 Å². The molecule has 3 saturated carbocycles. The SMILES string of the molecule is Cc1cc(/C=C/C#N)cc(C)c1Oc1nc(NC23CC(C#N)C(C2)C3)nc2c1C(C)N(c1cnn(C)c1C)C2=O. The molecule has 0 radical (unpaired) electrons. The number of hydrogen-bond donors (Lipinski definition) is 1. The molecule has 2 aromatic heterocycles. The second-order valence-electron chi connectivity index (χ2n) is 11.3. The third-order valence-electron chi connectivity index (χ3n) is 8.67. The summed E-state index contributed by atoms with van der Waals surface area (Å²) in [5.41, 5.74) is 4.92. The number of rotatable bonds is 6. The number of aromatic nitrogens is 4. The van der Waals surface area contributed by atoms with Gasteiger partial charge in [-0.25, -0.2) is 4.98 Å². The van der Waals surface area contributed by atoms with Gasteiger partial charge in [-0.05, 0) is 87.8 Å². The lowest BCUT2D eigenvalue weighted by Gasteiger charge is -2.39. The van der Waals surface area contributed by atoms with Crippen LogP contribution >= 0.6 is 0 Å². The van der Waals surface area contributed by atoms with Crippen molar-refractivity contribution in [2.24, 2.45) is 18.9 Å². The van der Waals surface area contributed by atoms with Crippen LogP contribution in [0.3, 0.4) is 0 Å². The van der Waals surface area contributed by atoms with E-state index in [1.54, 1.807) is 21.9 Å². The first kappa shape index (κ1) is 25.6. The molecule has 0 saturated heterocycles. The molecule has 40 heavy (non-hydrogen) atoms. The van der Waals surface area contributed by atoms with Crippen LogP contribution in [0, 0.1) is 55.3 Å². The first-order valence-corrected chi connectivity index (χ1v) is 13.4. The number of nitriles is 2. The fourth-order valence-electron chi connectivity index (χ4n) is 6.58. The Bertz CT molecular complexity index is 1640. The van der Waals surface area contributed by atoms with Crippen molar-refractivity contribution in [2.75, 3.05) is 10.2 Å². The van der Waals surface area contributed by atoms with Crippen molar-refractivity contribution in [3.63, 3.8) is 0 Å². The van der Waals surface area contributed by atoms with Gasteiger partial charge < -0.3 is 10.1 Å². The average Bonchev–Trinajstić information content (AvgIpc) is 3.61. The summed E-state index contributed by atoms with van der Waals surface area (Å²) in [4.78, 5) is 25.1. The highest BCUT2D eigenvalue weighted by atomic mass is 16.5. The van der Waals surface area contributed by atoms with Gasteiger partial charge in [0.15, 0.2) is 0 Å². The Balaban J connectivity index is 1.43. The molecule has 1 aliphatic heterocycles. The van der Waals surface area contributed by atoms with Crippen LogP contribution in [0.1, 0.15) is 70.7 Å². The maximum absolute atomic E-state index is 13.9. The lowest BCUT2D eigenvalue weighted by molar-refractivity contribution is 0.0988. The van der Waals surface area contributed by atoms with Gasteiger partial charge in [0.2, 0.25) is 11.8 Å². The summed E-state index contributed by atoms with van der Waals surface area (Å²) in [6, 6.07) is 7.97. The molecule has 1 aromatic carbocycles. The number of ether oxygens (including phenoxy) is 1. The van der Waals surface area contributed by atoms with Gasteiger partial charge in [0.25, 0.3) is 5.91 Å². The topological polar surface area (TPSA) is 133 Å². The molecule has 2 unspecified atom stereocenters. The molecule has 2 atom stereocenters. The normalized spacial score (nSPS) is 24.5. The lowest BCUT2D eigenvalue weighted by Crippen LogP contribution is -2.43. The predicted molar refractivity (Wildman–Crippen MR) is 149 cm³/mol. The Morgan fingerprint density at radius 2 is 1.88 bits per heavy atom. The molecule has 4 aliphatic rings. The molecule has 0 spiro atoms. The maximum Gasteiger partial charge on any atom is 0.278 e. The van der Waals surface area contributed by atoms with Gasteiger partial charge in [-0.2, -0.15) is 20.6 Å². The van der Waals surface area contributed by atoms with Gasteiger partial charge in [0.05, 0.1) is 47.2 Å². The summed E-state index contributed by atoms with van der Waals surface area (Å²) in [7, 11) is 1.84. The number of hydrogen-bond acceptors (Lipinski definition) is 8. The lowest BCUT2D eigenvalue weighted by atomic mass is 9.76. The van der Waals surface area contributed by atoms with Crippen LogP contribution in [0.5, 0.6) is 11.6 Å². The van der Waals surface area contributed by atoms with Crippen LogP contribution in [0.15, 0.2) is 24.4 Å². The van der Waals surface area contributed by atoms with Crippen LogP contribution in [-0.2, 0) is 7.05 Å². The number of carbonyl (C=O) groups excluding carboxylic acids is 1. The molecule has 10 heteroatoms. The summed E-state index contributed by atoms with van der Waals surface area (Å²) in [6.45, 7) is 7.76. The number of carbonyl (C=O) groups is 1. The van der Waals surface area contributed by atoms with Crippen molar-refractivity contribution in [1.82, 2.24) is 19.7 Å². The van der Waals surface area contributed by atoms with E-state index in [-0.39, 0.29) is 23.4 Å². The van der Waals surface area contributed by atoms with E-state index in [4.69, 9.17) is 20.0 Å². The monoisotopic (exact) mass is 534 g/mol. The summed E-state index contributed by atoms with van der Waals surface area (Å²) in [5.74, 6) is 1.49. The Hall–Kier alpha value is -4.70. The van der Waals surface area contributed by atoms with E-state index < -0.39 is 0 Å². The van der Waals surface area contributed by atoms with E-state index in [2.05, 4.69) is 16.5 Å². The summed E-state index contributed by atoms with van der Waals surface area (Å²) in [5, 5.41) is 26.3. The highest BCUT2D eigenvalue weighted by Gasteiger charge is 2.57. The number of anilines is 2. The first-order valence-electron chi connectivity index (χ1n) is 13.4. The number of nitrogens with zero attached hydrogens (tertiary/aromatic N) is 7. The molecular formula is C30H30N8O2. The fraction of sp³-hybridized carbons (Fsp3) is 0.400. The minimum Gasteiger partial charge on any atom is -0.438 e. The molecule has 3 fully saturated rings. The maximum atomic E-state index is 13.9. The van der Waals surface area contributed by atoms with Crippen molar-refractivity contribution in [1.29, 1.82) is 10.5 Å². The number of aryl methyl sites for hydroxylation is 3. The van der Waals surface area contributed by atoms with Crippen LogP contribution < -0.4 is 15.0 Å². The number of nitrogens with one attached hydrogen (secondary N) is 1. The van der Waals surface area contributed by atoms with Gasteiger partial charge >= 0.3 is 0 Å². The van der Waals surface area contributed by atoms with Crippen molar-refractivity contribution in [2.45, 2.75) is 58.5 Å². The molecule has 3 heterocycles. The standard InChI is InChI=1S/C30H30N8O2/c1-16-9-20(7-6-8-31)10-17(2)26(16)40-27-24-19(4)38(23-15-33-37(5)18(23)3)28(39)25(24)34-29(35-27)36-30-11-21(12-30)22(13-30)14-32/h6-7,9-10,15,19,21-22H,11-13H2,1-5H3,(H,34,35,36)/b7-6+. The van der Waals surface area contributed by atoms with Crippen LogP contribution in [0.25, 0.3) is 6.08 Å². The number of benzene rings is 1. The Morgan fingerprint density at radius 1 is 1.15 bits per heavy atom. The fourth-order valence-corrected chi connectivity index (χ4v) is 6.58. The van der Waals surface area contributed by atoms with Gasteiger partial charge in [-0.1, -0.05) is 0 Å². The highest BCUT2D eigenvalue weighted by Crippen LogP contribution is 2.56. The molecule has 3 aliphatic carbocycles. The van der Waals surface area contributed by atoms with Crippen LogP contribution in [-0.4, -0.2) is 31.2 Å². The zero-order valence-corrected chi connectivity index (χ0v) is 23.2. The van der Waals surface area contributed by atoms with E-state index >= 15 is 0 Å².